The maximum atomic E-state index is 11.4. The van der Waals surface area contributed by atoms with Gasteiger partial charge in [0.2, 0.25) is 0 Å². The quantitative estimate of drug-likeness (QED) is 0.768. The number of ketones is 1. The third-order valence-corrected chi connectivity index (χ3v) is 2.67. The number of rotatable bonds is 6. The van der Waals surface area contributed by atoms with Crippen molar-refractivity contribution in [2.24, 2.45) is 5.41 Å². The topological polar surface area (TPSA) is 54.4 Å². The van der Waals surface area contributed by atoms with Crippen molar-refractivity contribution in [3.8, 4) is 0 Å². The molecule has 93 valence electrons. The van der Waals surface area contributed by atoms with Crippen molar-refractivity contribution < 1.29 is 47.4 Å². The molecule has 0 aromatic carbocycles. The average Bonchev–Trinajstić information content (AvgIpc) is 2.03. The van der Waals surface area contributed by atoms with Gasteiger partial charge in [0.15, 0.2) is 5.97 Å². The Bertz CT molecular complexity index is 228. The largest absolute Gasteiger partial charge is 0.503 e. The minimum absolute atomic E-state index is 0. The molecule has 0 aliphatic rings. The predicted molar refractivity (Wildman–Crippen MR) is 61.3 cm³/mol. The molecule has 1 radical (unpaired) electrons. The zero-order chi connectivity index (χ0) is 11.4. The van der Waals surface area contributed by atoms with Gasteiger partial charge >= 0.3 is 0 Å². The predicted octanol–water partition coefficient (Wildman–Crippen LogP) is 2.90. The molecule has 1 atom stereocenters. The van der Waals surface area contributed by atoms with Crippen molar-refractivity contribution in [3.05, 3.63) is 13.3 Å². The van der Waals surface area contributed by atoms with Crippen LogP contribution in [0.5, 0.6) is 0 Å². The number of carboxylic acids is 1. The van der Waals surface area contributed by atoms with Gasteiger partial charge < -0.3 is 12.5 Å². The number of hydrogen-bond donors (Lipinski definition) is 1. The Balaban J connectivity index is -0.000000845. The molecule has 0 amide bonds. The smallest absolute Gasteiger partial charge is 0.166 e. The Morgan fingerprint density at radius 3 is 2.06 bits per heavy atom. The molecule has 16 heavy (non-hydrogen) atoms. The summed E-state index contributed by atoms with van der Waals surface area (Å²) in [6, 6.07) is 0. The van der Waals surface area contributed by atoms with Gasteiger partial charge in [-0.1, -0.05) is 20.3 Å². The average molecular weight is 303 g/mol. The van der Waals surface area contributed by atoms with Crippen LogP contribution in [0.2, 0.25) is 0 Å². The second kappa shape index (κ2) is 9.18. The summed E-state index contributed by atoms with van der Waals surface area (Å²) in [5.41, 5.74) is -0.503. The van der Waals surface area contributed by atoms with Crippen LogP contribution in [0.25, 0.3) is 0 Å². The van der Waals surface area contributed by atoms with Gasteiger partial charge in [0.05, 0.1) is 0 Å². The number of carbonyl (C=O) groups is 2. The molecule has 0 aromatic rings. The number of aliphatic carboxylic acids is 1. The second-order valence-corrected chi connectivity index (χ2v) is 4.13. The molecule has 0 bridgehead atoms. The minimum atomic E-state index is -0.909. The summed E-state index contributed by atoms with van der Waals surface area (Å²) in [6.45, 7) is 6.94. The molecule has 0 spiro atoms. The van der Waals surface area contributed by atoms with E-state index >= 15 is 0 Å². The first-order chi connectivity index (χ1) is 6.33. The fourth-order valence-corrected chi connectivity index (χ4v) is 1.60. The standard InChI is InChI=1S/C11H19O3.CH3.Y/c1-5-6-11(4,9(3)12)7-8(2)10(13)14;;/h5-7H2,1-4H3,(H,13,14);1H3;/q2*-1;. The summed E-state index contributed by atoms with van der Waals surface area (Å²) in [7, 11) is 0. The maximum Gasteiger partial charge on any atom is 0.166 e. The van der Waals surface area contributed by atoms with Crippen LogP contribution in [0.15, 0.2) is 0 Å². The summed E-state index contributed by atoms with van der Waals surface area (Å²) in [5, 5.41) is 8.75. The fraction of sp³-hybridized carbons (Fsp3) is 0.667. The van der Waals surface area contributed by atoms with E-state index in [1.165, 1.54) is 6.92 Å². The van der Waals surface area contributed by atoms with E-state index in [4.69, 9.17) is 5.11 Å². The van der Waals surface area contributed by atoms with Gasteiger partial charge in [0, 0.05) is 38.1 Å². The zero-order valence-corrected chi connectivity index (χ0v) is 13.8. The van der Waals surface area contributed by atoms with Crippen LogP contribution in [0.1, 0.15) is 47.0 Å². The molecule has 3 nitrogen and oxygen atoms in total. The molecule has 0 aliphatic heterocycles. The molecule has 0 saturated heterocycles. The molecular formula is C12H22O3Y-2. The van der Waals surface area contributed by atoms with Gasteiger partial charge in [-0.25, -0.2) is 0 Å². The van der Waals surface area contributed by atoms with Crippen molar-refractivity contribution in [1.29, 1.82) is 0 Å². The van der Waals surface area contributed by atoms with Gasteiger partial charge in [-0.3, -0.25) is 15.5 Å². The summed E-state index contributed by atoms with van der Waals surface area (Å²) < 4.78 is 0. The molecule has 0 fully saturated rings. The monoisotopic (exact) mass is 303 g/mol. The van der Waals surface area contributed by atoms with Crippen LogP contribution >= 0.6 is 0 Å². The van der Waals surface area contributed by atoms with E-state index in [-0.39, 0.29) is 45.9 Å². The van der Waals surface area contributed by atoms with Crippen molar-refractivity contribution in [2.75, 3.05) is 0 Å². The van der Waals surface area contributed by atoms with Gasteiger partial charge in [-0.15, -0.1) is 6.42 Å². The number of hydrogen-bond acceptors (Lipinski definition) is 2. The minimum Gasteiger partial charge on any atom is -0.503 e. The van der Waals surface area contributed by atoms with Crippen molar-refractivity contribution in [1.82, 2.24) is 0 Å². The van der Waals surface area contributed by atoms with Gasteiger partial charge in [-0.2, -0.15) is 6.92 Å². The Labute approximate surface area is 124 Å². The summed E-state index contributed by atoms with van der Waals surface area (Å²) >= 11 is 0. The first-order valence-electron chi connectivity index (χ1n) is 4.90. The molecule has 4 heteroatoms. The maximum absolute atomic E-state index is 11.4. The Hall–Kier alpha value is 0.114. The molecule has 0 heterocycles. The van der Waals surface area contributed by atoms with E-state index in [2.05, 4.69) is 0 Å². The van der Waals surface area contributed by atoms with Gasteiger partial charge in [-0.05, 0) is 13.3 Å². The van der Waals surface area contributed by atoms with Crippen LogP contribution in [0.3, 0.4) is 0 Å². The number of Topliss-reactive ketones (excluding diaryl/α,β-unsaturated/α-hetero) is 1. The summed E-state index contributed by atoms with van der Waals surface area (Å²) in [4.78, 5) is 22.1. The molecule has 1 N–H and O–H groups in total. The normalized spacial score (nSPS) is 12.8. The first kappa shape index (κ1) is 21.4. The van der Waals surface area contributed by atoms with Crippen molar-refractivity contribution in [2.45, 2.75) is 47.0 Å². The SMILES string of the molecule is CCCC(C)(C[C-](C)C(=O)O)C(C)=O.[CH3-].[Y]. The Kier molecular flexibility index (Phi) is 12.3. The molecule has 0 aliphatic carbocycles. The number of carbonyl (C=O) groups excluding carboxylic acids is 1. The first-order valence-corrected chi connectivity index (χ1v) is 4.90. The number of carboxylic acid groups (broad SMARTS) is 1. The Morgan fingerprint density at radius 1 is 1.38 bits per heavy atom. The molecule has 0 rings (SSSR count). The summed E-state index contributed by atoms with van der Waals surface area (Å²) in [6.07, 6.45) is 1.99. The third-order valence-electron chi connectivity index (χ3n) is 2.67. The van der Waals surface area contributed by atoms with Crippen LogP contribution in [-0.4, -0.2) is 16.9 Å². The van der Waals surface area contributed by atoms with Crippen molar-refractivity contribution in [3.63, 3.8) is 0 Å². The van der Waals surface area contributed by atoms with Crippen LogP contribution < -0.4 is 0 Å². The van der Waals surface area contributed by atoms with E-state index in [1.54, 1.807) is 6.92 Å². The van der Waals surface area contributed by atoms with E-state index in [9.17, 15) is 9.59 Å². The third kappa shape index (κ3) is 6.64. The van der Waals surface area contributed by atoms with E-state index < -0.39 is 11.4 Å². The van der Waals surface area contributed by atoms with E-state index in [0.29, 0.717) is 12.3 Å². The fourth-order valence-electron chi connectivity index (χ4n) is 1.60. The van der Waals surface area contributed by atoms with Gasteiger partial charge in [0.25, 0.3) is 0 Å². The van der Waals surface area contributed by atoms with Crippen LogP contribution in [0, 0.1) is 18.8 Å². The second-order valence-electron chi connectivity index (χ2n) is 4.13. The van der Waals surface area contributed by atoms with E-state index in [0.717, 1.165) is 12.8 Å². The molecule has 0 saturated carbocycles. The van der Waals surface area contributed by atoms with Crippen molar-refractivity contribution >= 4 is 11.8 Å². The molecule has 1 unspecified atom stereocenters. The molecular weight excluding hydrogens is 281 g/mol. The molecule has 0 aromatic heterocycles. The van der Waals surface area contributed by atoms with Gasteiger partial charge in [0.1, 0.15) is 5.78 Å². The van der Waals surface area contributed by atoms with Crippen LogP contribution in [0.4, 0.5) is 0 Å². The zero-order valence-electron chi connectivity index (χ0n) is 11.0. The summed E-state index contributed by atoms with van der Waals surface area (Å²) in [5.74, 6) is -0.482. The van der Waals surface area contributed by atoms with E-state index in [1.807, 2.05) is 13.8 Å². The Morgan fingerprint density at radius 2 is 1.81 bits per heavy atom. The van der Waals surface area contributed by atoms with Crippen LogP contribution in [-0.2, 0) is 42.3 Å².